The fourth-order valence-corrected chi connectivity index (χ4v) is 4.44. The summed E-state index contributed by atoms with van der Waals surface area (Å²) in [5.41, 5.74) is 3.59. The SMILES string of the molecule is CS(=O)(=O)Nc1cc(-c2ccc3ncnc(NC4COc5ccccc54)c3c2)cnc1Cl. The Morgan fingerprint density at radius 1 is 1.06 bits per heavy atom. The van der Waals surface area contributed by atoms with E-state index in [0.717, 1.165) is 34.0 Å². The van der Waals surface area contributed by atoms with Crippen LogP contribution in [0.1, 0.15) is 11.6 Å². The summed E-state index contributed by atoms with van der Waals surface area (Å²) in [6.07, 6.45) is 4.17. The van der Waals surface area contributed by atoms with Gasteiger partial charge in [0.2, 0.25) is 10.0 Å². The second-order valence-electron chi connectivity index (χ2n) is 7.44. The third-order valence-electron chi connectivity index (χ3n) is 5.11. The van der Waals surface area contributed by atoms with Gasteiger partial charge in [-0.25, -0.2) is 23.4 Å². The number of benzene rings is 2. The molecule has 1 aliphatic heterocycles. The van der Waals surface area contributed by atoms with Crippen molar-refractivity contribution in [3.05, 3.63) is 71.8 Å². The minimum Gasteiger partial charge on any atom is -0.491 e. The maximum absolute atomic E-state index is 11.6. The normalized spacial score (nSPS) is 15.2. The van der Waals surface area contributed by atoms with Gasteiger partial charge in [0, 0.05) is 22.7 Å². The Bertz CT molecular complexity index is 1440. The van der Waals surface area contributed by atoms with Crippen molar-refractivity contribution in [3.63, 3.8) is 0 Å². The van der Waals surface area contributed by atoms with Crippen LogP contribution < -0.4 is 14.8 Å². The van der Waals surface area contributed by atoms with Gasteiger partial charge < -0.3 is 10.1 Å². The first kappa shape index (κ1) is 20.5. The van der Waals surface area contributed by atoms with E-state index in [1.54, 1.807) is 12.3 Å². The molecular formula is C22H18ClN5O3S. The van der Waals surface area contributed by atoms with Crippen LogP contribution in [0.15, 0.2) is 61.1 Å². The molecule has 1 atom stereocenters. The molecular weight excluding hydrogens is 450 g/mol. The van der Waals surface area contributed by atoms with Crippen LogP contribution in [-0.4, -0.2) is 36.2 Å². The van der Waals surface area contributed by atoms with E-state index in [2.05, 4.69) is 25.0 Å². The lowest BCUT2D eigenvalue weighted by molar-refractivity contribution is 0.339. The minimum atomic E-state index is -3.49. The summed E-state index contributed by atoms with van der Waals surface area (Å²) in [7, 11) is -3.49. The summed E-state index contributed by atoms with van der Waals surface area (Å²) in [6, 6.07) is 15.2. The lowest BCUT2D eigenvalue weighted by atomic mass is 10.0. The van der Waals surface area contributed by atoms with Crippen molar-refractivity contribution in [2.75, 3.05) is 22.9 Å². The lowest BCUT2D eigenvalue weighted by Gasteiger charge is -2.15. The minimum absolute atomic E-state index is 0.0317. The van der Waals surface area contributed by atoms with E-state index >= 15 is 0 Å². The summed E-state index contributed by atoms with van der Waals surface area (Å²) in [5.74, 6) is 1.54. The standard InChI is InChI=1S/C22H18ClN5O3S/c1-32(29,30)28-18-9-14(10-24-21(18)23)13-6-7-17-16(8-13)22(26-12-25-17)27-19-11-31-20-5-3-2-4-15(19)20/h2-10,12,19,28H,11H2,1H3,(H,25,26,27). The molecule has 2 aromatic heterocycles. The van der Waals surface area contributed by atoms with Crippen LogP contribution in [0.5, 0.6) is 5.75 Å². The van der Waals surface area contributed by atoms with E-state index < -0.39 is 10.0 Å². The molecule has 0 aliphatic carbocycles. The van der Waals surface area contributed by atoms with Gasteiger partial charge in [0.15, 0.2) is 5.15 Å². The zero-order valence-electron chi connectivity index (χ0n) is 16.9. The van der Waals surface area contributed by atoms with Crippen molar-refractivity contribution >= 4 is 44.0 Å². The van der Waals surface area contributed by atoms with E-state index in [9.17, 15) is 8.42 Å². The van der Waals surface area contributed by atoms with Crippen molar-refractivity contribution in [1.29, 1.82) is 0 Å². The highest BCUT2D eigenvalue weighted by molar-refractivity contribution is 7.92. The number of nitrogens with one attached hydrogen (secondary N) is 2. The molecule has 0 bridgehead atoms. The highest BCUT2D eigenvalue weighted by atomic mass is 35.5. The van der Waals surface area contributed by atoms with Crippen molar-refractivity contribution in [1.82, 2.24) is 15.0 Å². The highest BCUT2D eigenvalue weighted by Crippen LogP contribution is 2.36. The van der Waals surface area contributed by atoms with Crippen LogP contribution in [0.4, 0.5) is 11.5 Å². The van der Waals surface area contributed by atoms with Crippen LogP contribution in [-0.2, 0) is 10.0 Å². The van der Waals surface area contributed by atoms with Crippen LogP contribution in [0, 0.1) is 0 Å². The first-order chi connectivity index (χ1) is 15.4. The number of pyridine rings is 1. The average molecular weight is 468 g/mol. The van der Waals surface area contributed by atoms with Crippen molar-refractivity contribution < 1.29 is 13.2 Å². The number of fused-ring (bicyclic) bond motifs is 2. The van der Waals surface area contributed by atoms with E-state index in [4.69, 9.17) is 16.3 Å². The Labute approximate surface area is 189 Å². The summed E-state index contributed by atoms with van der Waals surface area (Å²) in [4.78, 5) is 12.9. The summed E-state index contributed by atoms with van der Waals surface area (Å²) >= 11 is 6.07. The van der Waals surface area contributed by atoms with Crippen LogP contribution in [0.2, 0.25) is 5.15 Å². The molecule has 32 heavy (non-hydrogen) atoms. The van der Waals surface area contributed by atoms with Gasteiger partial charge in [-0.3, -0.25) is 4.72 Å². The topological polar surface area (TPSA) is 106 Å². The van der Waals surface area contributed by atoms with Gasteiger partial charge >= 0.3 is 0 Å². The van der Waals surface area contributed by atoms with E-state index in [1.807, 2.05) is 42.5 Å². The molecule has 0 saturated carbocycles. The molecule has 0 spiro atoms. The molecule has 0 fully saturated rings. The molecule has 0 radical (unpaired) electrons. The van der Waals surface area contributed by atoms with Gasteiger partial charge in [-0.1, -0.05) is 35.9 Å². The third-order valence-corrected chi connectivity index (χ3v) is 6.01. The highest BCUT2D eigenvalue weighted by Gasteiger charge is 2.24. The third kappa shape index (κ3) is 4.04. The number of rotatable bonds is 5. The Kier molecular flexibility index (Phi) is 5.07. The summed E-state index contributed by atoms with van der Waals surface area (Å²) in [6.45, 7) is 0.506. The van der Waals surface area contributed by atoms with Gasteiger partial charge in [-0.2, -0.15) is 0 Å². The molecule has 0 amide bonds. The van der Waals surface area contributed by atoms with Gasteiger partial charge in [-0.05, 0) is 29.8 Å². The maximum Gasteiger partial charge on any atom is 0.229 e. The number of hydrogen-bond donors (Lipinski definition) is 2. The number of nitrogens with zero attached hydrogens (tertiary/aromatic N) is 3. The molecule has 162 valence electrons. The lowest BCUT2D eigenvalue weighted by Crippen LogP contribution is -2.13. The Balaban J connectivity index is 1.53. The molecule has 10 heteroatoms. The second-order valence-corrected chi connectivity index (χ2v) is 9.54. The summed E-state index contributed by atoms with van der Waals surface area (Å²) < 4.78 is 31.4. The molecule has 3 heterocycles. The smallest absolute Gasteiger partial charge is 0.229 e. The first-order valence-electron chi connectivity index (χ1n) is 9.74. The monoisotopic (exact) mass is 467 g/mol. The van der Waals surface area contributed by atoms with Gasteiger partial charge in [0.1, 0.15) is 24.5 Å². The van der Waals surface area contributed by atoms with Crippen LogP contribution in [0.3, 0.4) is 0 Å². The number of para-hydroxylation sites is 1. The quantitative estimate of drug-likeness (QED) is 0.422. The fraction of sp³-hybridized carbons (Fsp3) is 0.136. The average Bonchev–Trinajstić information content (AvgIpc) is 3.17. The predicted octanol–water partition coefficient (Wildman–Crippen LogP) is 4.26. The maximum atomic E-state index is 11.6. The predicted molar refractivity (Wildman–Crippen MR) is 125 cm³/mol. The number of anilines is 2. The van der Waals surface area contributed by atoms with Crippen molar-refractivity contribution in [2.24, 2.45) is 0 Å². The van der Waals surface area contributed by atoms with Crippen LogP contribution >= 0.6 is 11.6 Å². The zero-order chi connectivity index (χ0) is 22.3. The molecule has 0 saturated heterocycles. The van der Waals surface area contributed by atoms with E-state index in [-0.39, 0.29) is 16.9 Å². The molecule has 8 nitrogen and oxygen atoms in total. The molecule has 1 unspecified atom stereocenters. The Morgan fingerprint density at radius 2 is 1.91 bits per heavy atom. The largest absolute Gasteiger partial charge is 0.491 e. The zero-order valence-corrected chi connectivity index (χ0v) is 18.5. The number of hydrogen-bond acceptors (Lipinski definition) is 7. The fourth-order valence-electron chi connectivity index (χ4n) is 3.68. The van der Waals surface area contributed by atoms with Gasteiger partial charge in [-0.15, -0.1) is 0 Å². The second kappa shape index (κ2) is 7.92. The number of ether oxygens (including phenoxy) is 1. The van der Waals surface area contributed by atoms with Gasteiger partial charge in [0.25, 0.3) is 0 Å². The number of sulfonamides is 1. The van der Waals surface area contributed by atoms with Gasteiger partial charge in [0.05, 0.1) is 23.5 Å². The van der Waals surface area contributed by atoms with E-state index in [0.29, 0.717) is 18.0 Å². The van der Waals surface area contributed by atoms with E-state index in [1.165, 1.54) is 6.33 Å². The molecule has 2 N–H and O–H groups in total. The molecule has 4 aromatic rings. The van der Waals surface area contributed by atoms with Crippen LogP contribution in [0.25, 0.3) is 22.0 Å². The molecule has 5 rings (SSSR count). The Hall–Kier alpha value is -3.43. The first-order valence-corrected chi connectivity index (χ1v) is 12.0. The Morgan fingerprint density at radius 3 is 2.75 bits per heavy atom. The van der Waals surface area contributed by atoms with Crippen molar-refractivity contribution in [2.45, 2.75) is 6.04 Å². The number of halogens is 1. The molecule has 2 aromatic carbocycles. The summed E-state index contributed by atoms with van der Waals surface area (Å²) in [5, 5.41) is 4.36. The molecule has 1 aliphatic rings. The number of aromatic nitrogens is 3. The van der Waals surface area contributed by atoms with Crippen molar-refractivity contribution in [3.8, 4) is 16.9 Å².